The Bertz CT molecular complexity index is 843. The number of hydrogen-bond donors (Lipinski definition) is 1. The van der Waals surface area contributed by atoms with E-state index in [1.807, 2.05) is 38.3 Å². The summed E-state index contributed by atoms with van der Waals surface area (Å²) >= 11 is 6.31. The molecule has 0 aliphatic heterocycles. The highest BCUT2D eigenvalue weighted by Crippen LogP contribution is 2.34. The summed E-state index contributed by atoms with van der Waals surface area (Å²) in [4.78, 5) is 11.1. The molecule has 1 fully saturated rings. The number of nitrogens with one attached hydrogen (secondary N) is 1. The number of hydrogen-bond acceptors (Lipinski definition) is 4. The second-order valence-corrected chi connectivity index (χ2v) is 7.24. The van der Waals surface area contributed by atoms with Gasteiger partial charge in [0.1, 0.15) is 11.5 Å². The number of carbonyl (C=O) groups is 1. The third-order valence-corrected chi connectivity index (χ3v) is 4.48. The van der Waals surface area contributed by atoms with Crippen molar-refractivity contribution < 1.29 is 14.3 Å². The minimum Gasteiger partial charge on any atom is -0.493 e. The molecule has 0 radical (unpaired) electrons. The van der Waals surface area contributed by atoms with E-state index in [0.29, 0.717) is 22.6 Å². The Morgan fingerprint density at radius 1 is 1.44 bits per heavy atom. The van der Waals surface area contributed by atoms with Crippen LogP contribution in [0.4, 0.5) is 0 Å². The van der Waals surface area contributed by atoms with Crippen LogP contribution in [0.2, 0.25) is 5.02 Å². The van der Waals surface area contributed by atoms with E-state index in [2.05, 4.69) is 10.4 Å². The van der Waals surface area contributed by atoms with Crippen molar-refractivity contribution in [2.24, 2.45) is 13.0 Å². The first-order chi connectivity index (χ1) is 12.9. The quantitative estimate of drug-likeness (QED) is 0.735. The molecule has 1 saturated carbocycles. The van der Waals surface area contributed by atoms with Crippen molar-refractivity contribution in [1.29, 1.82) is 0 Å². The number of aromatic nitrogens is 2. The zero-order valence-corrected chi connectivity index (χ0v) is 16.5. The van der Waals surface area contributed by atoms with Gasteiger partial charge in [-0.05, 0) is 43.9 Å². The van der Waals surface area contributed by atoms with E-state index in [4.69, 9.17) is 21.1 Å². The summed E-state index contributed by atoms with van der Waals surface area (Å²) in [5.74, 6) is 2.33. The predicted octanol–water partition coefficient (Wildman–Crippen LogP) is 4.19. The van der Waals surface area contributed by atoms with E-state index in [0.717, 1.165) is 18.1 Å². The van der Waals surface area contributed by atoms with Crippen LogP contribution in [0.15, 0.2) is 30.3 Å². The van der Waals surface area contributed by atoms with Crippen molar-refractivity contribution in [2.75, 3.05) is 6.61 Å². The first-order valence-electron chi connectivity index (χ1n) is 9.00. The van der Waals surface area contributed by atoms with Crippen LogP contribution >= 0.6 is 11.6 Å². The van der Waals surface area contributed by atoms with E-state index >= 15 is 0 Å². The van der Waals surface area contributed by atoms with Crippen molar-refractivity contribution in [1.82, 2.24) is 15.1 Å². The van der Waals surface area contributed by atoms with Gasteiger partial charge in [0.2, 0.25) is 11.8 Å². The summed E-state index contributed by atoms with van der Waals surface area (Å²) in [6.45, 7) is 4.13. The molecule has 1 amide bonds. The third-order valence-electron chi connectivity index (χ3n) is 4.18. The lowest BCUT2D eigenvalue weighted by atomic mass is 10.2. The smallest absolute Gasteiger partial charge is 0.238 e. The Labute approximate surface area is 164 Å². The topological polar surface area (TPSA) is 65.4 Å². The standard InChI is InChI=1S/C20H24ClN3O3/c1-13(22-14(2)25)4-7-16-10-20(23-24(16)3)27-19-9-8-17(11-18(19)21)26-12-15-5-6-15/h4,7-11,13,15H,5-6,12H2,1-3H3,(H,22,25)/t13-/m0/s1. The van der Waals surface area contributed by atoms with E-state index < -0.39 is 0 Å². The first kappa shape index (κ1) is 19.3. The van der Waals surface area contributed by atoms with Crippen molar-refractivity contribution in [3.8, 4) is 17.4 Å². The molecule has 1 aliphatic carbocycles. The maximum atomic E-state index is 11.1. The van der Waals surface area contributed by atoms with Crippen molar-refractivity contribution >= 4 is 23.6 Å². The molecule has 0 spiro atoms. The molecule has 144 valence electrons. The van der Waals surface area contributed by atoms with Gasteiger partial charge in [0.25, 0.3) is 0 Å². The van der Waals surface area contributed by atoms with Crippen LogP contribution in [0.1, 0.15) is 32.4 Å². The highest BCUT2D eigenvalue weighted by Gasteiger charge is 2.22. The molecule has 3 rings (SSSR count). The molecule has 1 aromatic heterocycles. The van der Waals surface area contributed by atoms with Crippen LogP contribution in [-0.2, 0) is 11.8 Å². The summed E-state index contributed by atoms with van der Waals surface area (Å²) in [6.07, 6.45) is 6.27. The van der Waals surface area contributed by atoms with Gasteiger partial charge in [-0.15, -0.1) is 5.10 Å². The number of ether oxygens (including phenoxy) is 2. The minimum atomic E-state index is -0.0700. The van der Waals surface area contributed by atoms with Crippen LogP contribution in [-0.4, -0.2) is 28.3 Å². The van der Waals surface area contributed by atoms with Crippen molar-refractivity contribution in [3.63, 3.8) is 0 Å². The SMILES string of the molecule is CC(=O)N[C@@H](C)C=Cc1cc(Oc2ccc(OCC3CC3)cc2Cl)nn1C. The molecule has 1 aromatic carbocycles. The number of benzene rings is 1. The summed E-state index contributed by atoms with van der Waals surface area (Å²) < 4.78 is 13.2. The van der Waals surface area contributed by atoms with E-state index in [1.54, 1.807) is 16.8 Å². The number of rotatable bonds is 8. The lowest BCUT2D eigenvalue weighted by Gasteiger charge is -2.08. The molecule has 0 unspecified atom stereocenters. The normalized spacial score (nSPS) is 15.0. The zero-order valence-electron chi connectivity index (χ0n) is 15.7. The lowest BCUT2D eigenvalue weighted by molar-refractivity contribution is -0.119. The molecule has 0 bridgehead atoms. The summed E-state index contributed by atoms with van der Waals surface area (Å²) in [6, 6.07) is 7.14. The van der Waals surface area contributed by atoms with Gasteiger partial charge in [0.05, 0.1) is 17.3 Å². The molecule has 0 saturated heterocycles. The van der Waals surface area contributed by atoms with Crippen molar-refractivity contribution in [2.45, 2.75) is 32.7 Å². The van der Waals surface area contributed by atoms with Crippen LogP contribution in [0.25, 0.3) is 6.08 Å². The number of halogens is 1. The molecule has 1 atom stereocenters. The Hall–Kier alpha value is -2.47. The van der Waals surface area contributed by atoms with E-state index in [9.17, 15) is 4.79 Å². The number of amides is 1. The maximum absolute atomic E-state index is 11.1. The Balaban J connectivity index is 1.63. The second-order valence-electron chi connectivity index (χ2n) is 6.83. The molecule has 7 heteroatoms. The first-order valence-corrected chi connectivity index (χ1v) is 9.38. The average Bonchev–Trinajstić information content (AvgIpc) is 3.36. The zero-order chi connectivity index (χ0) is 19.4. The Morgan fingerprint density at radius 2 is 2.22 bits per heavy atom. The minimum absolute atomic E-state index is 0.0691. The van der Waals surface area contributed by atoms with Crippen molar-refractivity contribution in [3.05, 3.63) is 41.1 Å². The molecule has 1 heterocycles. The van der Waals surface area contributed by atoms with Crippen LogP contribution < -0.4 is 14.8 Å². The Kier molecular flexibility index (Phi) is 6.06. The molecular formula is C20H24ClN3O3. The van der Waals surface area contributed by atoms with Gasteiger partial charge in [-0.25, -0.2) is 0 Å². The number of aryl methyl sites for hydroxylation is 1. The fourth-order valence-electron chi connectivity index (χ4n) is 2.54. The molecule has 1 N–H and O–H groups in total. The Morgan fingerprint density at radius 3 is 2.89 bits per heavy atom. The third kappa shape index (κ3) is 5.76. The van der Waals surface area contributed by atoms with E-state index in [-0.39, 0.29) is 11.9 Å². The van der Waals surface area contributed by atoms with Gasteiger partial charge in [-0.1, -0.05) is 17.7 Å². The van der Waals surface area contributed by atoms with Gasteiger partial charge >= 0.3 is 0 Å². The molecule has 2 aromatic rings. The molecular weight excluding hydrogens is 366 g/mol. The molecule has 1 aliphatic rings. The highest BCUT2D eigenvalue weighted by atomic mass is 35.5. The fourth-order valence-corrected chi connectivity index (χ4v) is 2.75. The van der Waals surface area contributed by atoms with Gasteiger partial charge in [0, 0.05) is 32.1 Å². The summed E-state index contributed by atoms with van der Waals surface area (Å²) in [7, 11) is 1.83. The summed E-state index contributed by atoms with van der Waals surface area (Å²) in [5, 5.41) is 7.62. The summed E-state index contributed by atoms with van der Waals surface area (Å²) in [5.41, 5.74) is 0.850. The van der Waals surface area contributed by atoms with Gasteiger partial charge in [-0.2, -0.15) is 0 Å². The highest BCUT2D eigenvalue weighted by molar-refractivity contribution is 6.32. The second kappa shape index (κ2) is 8.48. The number of nitrogens with zero attached hydrogens (tertiary/aromatic N) is 2. The average molecular weight is 390 g/mol. The van der Waals surface area contributed by atoms with E-state index in [1.165, 1.54) is 19.8 Å². The largest absolute Gasteiger partial charge is 0.493 e. The predicted molar refractivity (Wildman–Crippen MR) is 105 cm³/mol. The molecule has 6 nitrogen and oxygen atoms in total. The molecule has 27 heavy (non-hydrogen) atoms. The lowest BCUT2D eigenvalue weighted by Crippen LogP contribution is -2.28. The maximum Gasteiger partial charge on any atom is 0.238 e. The fraction of sp³-hybridized carbons (Fsp3) is 0.400. The van der Waals surface area contributed by atoms with Gasteiger partial charge in [0.15, 0.2) is 0 Å². The monoisotopic (exact) mass is 389 g/mol. The van der Waals surface area contributed by atoms with Gasteiger partial charge < -0.3 is 14.8 Å². The van der Waals surface area contributed by atoms with Crippen LogP contribution in [0, 0.1) is 5.92 Å². The van der Waals surface area contributed by atoms with Gasteiger partial charge in [-0.3, -0.25) is 9.48 Å². The van der Waals surface area contributed by atoms with Crippen LogP contribution in [0.5, 0.6) is 17.4 Å². The van der Waals surface area contributed by atoms with Crippen LogP contribution in [0.3, 0.4) is 0 Å². The number of carbonyl (C=O) groups excluding carboxylic acids is 1.